The van der Waals surface area contributed by atoms with Crippen molar-refractivity contribution in [2.24, 2.45) is 0 Å². The Morgan fingerprint density at radius 3 is 2.17 bits per heavy atom. The minimum atomic E-state index is 0. The van der Waals surface area contributed by atoms with Crippen molar-refractivity contribution in [2.75, 3.05) is 26.3 Å². The Balaban J connectivity index is 0. The third-order valence-corrected chi connectivity index (χ3v) is 0.846. The van der Waals surface area contributed by atoms with Crippen LogP contribution in [0.15, 0.2) is 0 Å². The Morgan fingerprint density at radius 1 is 1.33 bits per heavy atom. The highest BCUT2D eigenvalue weighted by Gasteiger charge is 1.92. The molecule has 0 aromatic heterocycles. The van der Waals surface area contributed by atoms with Gasteiger partial charge in [-0.05, 0) is 0 Å². The summed E-state index contributed by atoms with van der Waals surface area (Å²) in [4.78, 5) is 0. The molecule has 2 nitrogen and oxygen atoms in total. The zero-order chi connectivity index (χ0) is 4.24. The summed E-state index contributed by atoms with van der Waals surface area (Å²) < 4.78 is 5.01. The van der Waals surface area contributed by atoms with Gasteiger partial charge in [-0.3, -0.25) is 0 Å². The lowest BCUT2D eigenvalue weighted by molar-refractivity contribution is 0.109. The minimum absolute atomic E-state index is 0. The predicted octanol–water partition coefficient (Wildman–Crippen LogP) is -0.169. The van der Waals surface area contributed by atoms with Gasteiger partial charge in [-0.15, -0.1) is 0 Å². The first kappa shape index (κ1) is 4.09. The fourth-order valence-corrected chi connectivity index (χ4v) is 0.516. The van der Waals surface area contributed by atoms with E-state index < -0.39 is 0 Å². The number of rotatable bonds is 0. The van der Waals surface area contributed by atoms with Crippen molar-refractivity contribution in [3.8, 4) is 0 Å². The molecule has 1 rings (SSSR count). The van der Waals surface area contributed by atoms with E-state index in [1.165, 1.54) is 0 Å². The molecule has 0 bridgehead atoms. The second-order valence-corrected chi connectivity index (χ2v) is 1.36. The molecule has 0 saturated carbocycles. The minimum Gasteiger partial charge on any atom is -0.379 e. The van der Waals surface area contributed by atoms with Crippen LogP contribution in [0.4, 0.5) is 0 Å². The molecule has 36 valence electrons. The summed E-state index contributed by atoms with van der Waals surface area (Å²) in [6.07, 6.45) is 0. The van der Waals surface area contributed by atoms with E-state index in [4.69, 9.17) is 4.74 Å². The molecule has 1 saturated heterocycles. The topological polar surface area (TPSA) is 21.3 Å². The number of nitrogens with one attached hydrogen (secondary N) is 1. The van der Waals surface area contributed by atoms with Crippen molar-refractivity contribution in [1.29, 1.82) is 0 Å². The molecule has 0 spiro atoms. The number of hydrogen-bond acceptors (Lipinski definition) is 2. The summed E-state index contributed by atoms with van der Waals surface area (Å²) in [6.45, 7) is 3.83. The summed E-state index contributed by atoms with van der Waals surface area (Å²) >= 11 is 0. The number of ether oxygens (including phenoxy) is 1. The van der Waals surface area contributed by atoms with Crippen molar-refractivity contribution >= 4 is 0 Å². The molecule has 2 heteroatoms. The second-order valence-electron chi connectivity index (χ2n) is 1.36. The molecular weight excluding hydrogens is 78.0 g/mol. The maximum absolute atomic E-state index is 5.01. The Kier molecular flexibility index (Phi) is 1.47. The highest BCUT2D eigenvalue weighted by atomic mass is 16.5. The molecule has 0 aliphatic carbocycles. The van der Waals surface area contributed by atoms with Gasteiger partial charge in [-0.2, -0.15) is 0 Å². The first-order valence-corrected chi connectivity index (χ1v) is 2.28. The standard InChI is InChI=1S/C4H9NO/c1-3-6-4-2-5-1/h5H,1-4H2/p+2. The molecule has 1 aliphatic rings. The van der Waals surface area contributed by atoms with E-state index in [1.807, 2.05) is 0 Å². The highest BCUT2D eigenvalue weighted by Crippen LogP contribution is 1.76. The normalized spacial score (nSPS) is 24.0. The lowest BCUT2D eigenvalue weighted by atomic mass is 10.5. The summed E-state index contributed by atoms with van der Waals surface area (Å²) in [7, 11) is 0. The van der Waals surface area contributed by atoms with Gasteiger partial charge in [0.2, 0.25) is 0 Å². The highest BCUT2D eigenvalue weighted by molar-refractivity contribution is 4.49. The first-order valence-electron chi connectivity index (χ1n) is 2.28. The van der Waals surface area contributed by atoms with Crippen molar-refractivity contribution < 1.29 is 7.59 Å². The van der Waals surface area contributed by atoms with Gasteiger partial charge in [-0.1, -0.05) is 0 Å². The van der Waals surface area contributed by atoms with Crippen LogP contribution < -0.4 is 5.32 Å². The van der Waals surface area contributed by atoms with E-state index in [0.29, 0.717) is 0 Å². The Hall–Kier alpha value is -0.0800. The van der Waals surface area contributed by atoms with Crippen LogP contribution in [0.1, 0.15) is 2.85 Å². The van der Waals surface area contributed by atoms with Crippen molar-refractivity contribution in [1.82, 2.24) is 5.32 Å². The van der Waals surface area contributed by atoms with Crippen molar-refractivity contribution in [2.45, 2.75) is 0 Å². The Labute approximate surface area is 40.5 Å². The van der Waals surface area contributed by atoms with Crippen molar-refractivity contribution in [3.63, 3.8) is 0 Å². The average Bonchev–Trinajstić information content (AvgIpc) is 1.72. The summed E-state index contributed by atoms with van der Waals surface area (Å²) in [5.74, 6) is 0. The van der Waals surface area contributed by atoms with Gasteiger partial charge in [0.1, 0.15) is 0 Å². The van der Waals surface area contributed by atoms with Gasteiger partial charge in [0.15, 0.2) is 0 Å². The summed E-state index contributed by atoms with van der Waals surface area (Å²) in [5, 5.41) is 3.16. The van der Waals surface area contributed by atoms with E-state index in [9.17, 15) is 0 Å². The monoisotopic (exact) mass is 89.1 g/mol. The predicted molar refractivity (Wildman–Crippen MR) is 25.9 cm³/mol. The van der Waals surface area contributed by atoms with E-state index >= 15 is 0 Å². The zero-order valence-corrected chi connectivity index (χ0v) is 3.74. The maximum Gasteiger partial charge on any atom is 1.00 e. The van der Waals surface area contributed by atoms with Crippen LogP contribution in [0.5, 0.6) is 0 Å². The molecular formula is C4H11NO+2. The van der Waals surface area contributed by atoms with Crippen LogP contribution in [0.25, 0.3) is 0 Å². The van der Waals surface area contributed by atoms with Crippen LogP contribution in [0, 0.1) is 0 Å². The van der Waals surface area contributed by atoms with Gasteiger partial charge in [0.25, 0.3) is 0 Å². The fourth-order valence-electron chi connectivity index (χ4n) is 0.516. The van der Waals surface area contributed by atoms with Gasteiger partial charge in [0.05, 0.1) is 13.2 Å². The summed E-state index contributed by atoms with van der Waals surface area (Å²) in [5.41, 5.74) is 0. The zero-order valence-electron chi connectivity index (χ0n) is 5.74. The van der Waals surface area contributed by atoms with Crippen molar-refractivity contribution in [3.05, 3.63) is 0 Å². The number of morpholine rings is 1. The summed E-state index contributed by atoms with van der Waals surface area (Å²) in [6, 6.07) is 0. The fraction of sp³-hybridized carbons (Fsp3) is 1.00. The van der Waals surface area contributed by atoms with E-state index in [-0.39, 0.29) is 2.85 Å². The Bertz CT molecular complexity index is 29.5. The molecule has 0 aromatic carbocycles. The van der Waals surface area contributed by atoms with Gasteiger partial charge in [0, 0.05) is 13.1 Å². The molecule has 0 atom stereocenters. The first-order chi connectivity index (χ1) is 3.00. The lowest BCUT2D eigenvalue weighted by Gasteiger charge is -2.10. The molecule has 1 heterocycles. The average molecular weight is 89.1 g/mol. The largest absolute Gasteiger partial charge is 1.00 e. The van der Waals surface area contributed by atoms with Gasteiger partial charge < -0.3 is 10.1 Å². The maximum atomic E-state index is 5.01. The SMILES string of the molecule is C1COCCN1.[H+].[H+]. The second kappa shape index (κ2) is 2.16. The molecule has 1 fully saturated rings. The molecule has 1 N–H and O–H groups in total. The van der Waals surface area contributed by atoms with Gasteiger partial charge >= 0.3 is 2.85 Å². The van der Waals surface area contributed by atoms with Crippen LogP contribution in [-0.4, -0.2) is 26.3 Å². The van der Waals surface area contributed by atoms with E-state index in [1.54, 1.807) is 0 Å². The van der Waals surface area contributed by atoms with Crippen LogP contribution >= 0.6 is 0 Å². The molecule has 0 unspecified atom stereocenters. The lowest BCUT2D eigenvalue weighted by Crippen LogP contribution is -2.30. The van der Waals surface area contributed by atoms with E-state index in [2.05, 4.69) is 5.32 Å². The van der Waals surface area contributed by atoms with E-state index in [0.717, 1.165) is 26.3 Å². The third kappa shape index (κ3) is 0.954. The quantitative estimate of drug-likeness (QED) is 0.445. The van der Waals surface area contributed by atoms with Gasteiger partial charge in [-0.25, -0.2) is 0 Å². The van der Waals surface area contributed by atoms with Crippen LogP contribution in [0.2, 0.25) is 0 Å². The number of hydrogen-bond donors (Lipinski definition) is 1. The molecule has 0 amide bonds. The smallest absolute Gasteiger partial charge is 0.379 e. The Morgan fingerprint density at radius 2 is 2.00 bits per heavy atom. The molecule has 6 heavy (non-hydrogen) atoms. The molecule has 1 aliphatic heterocycles. The third-order valence-electron chi connectivity index (χ3n) is 0.846. The molecule has 0 radical (unpaired) electrons. The molecule has 0 aromatic rings. The van der Waals surface area contributed by atoms with Crippen LogP contribution in [-0.2, 0) is 4.74 Å². The van der Waals surface area contributed by atoms with Crippen LogP contribution in [0.3, 0.4) is 0 Å².